The maximum atomic E-state index is 12.7. The zero-order valence-electron chi connectivity index (χ0n) is 15.3. The molecule has 29 heavy (non-hydrogen) atoms. The predicted octanol–water partition coefficient (Wildman–Crippen LogP) is 4.77. The van der Waals surface area contributed by atoms with Gasteiger partial charge in [-0.3, -0.25) is 0 Å². The molecule has 3 aromatic rings. The van der Waals surface area contributed by atoms with Gasteiger partial charge >= 0.3 is 6.18 Å². The van der Waals surface area contributed by atoms with Crippen molar-refractivity contribution in [1.29, 1.82) is 0 Å². The molecule has 3 rings (SSSR count). The van der Waals surface area contributed by atoms with Crippen LogP contribution in [0.5, 0.6) is 0 Å². The fourth-order valence-electron chi connectivity index (χ4n) is 2.27. The van der Waals surface area contributed by atoms with E-state index in [9.17, 15) is 21.6 Å². The van der Waals surface area contributed by atoms with Gasteiger partial charge in [0.15, 0.2) is 0 Å². The summed E-state index contributed by atoms with van der Waals surface area (Å²) in [7, 11) is -0.614. The summed E-state index contributed by atoms with van der Waals surface area (Å²) in [6.45, 7) is 0. The fourth-order valence-corrected chi connectivity index (χ4v) is 4.79. The van der Waals surface area contributed by atoms with Crippen LogP contribution < -0.4 is 0 Å². The summed E-state index contributed by atoms with van der Waals surface area (Å²) in [6, 6.07) is 8.02. The minimum Gasteiger partial charge on any atom is -0.249 e. The third-order valence-corrected chi connectivity index (χ3v) is 7.58. The van der Waals surface area contributed by atoms with Gasteiger partial charge in [-0.1, -0.05) is 12.1 Å². The molecule has 0 atom stereocenters. The highest BCUT2D eigenvalue weighted by molar-refractivity contribution is 7.98. The van der Waals surface area contributed by atoms with Crippen LogP contribution >= 0.6 is 23.1 Å². The Bertz CT molecular complexity index is 1080. The van der Waals surface area contributed by atoms with Crippen LogP contribution in [0.2, 0.25) is 0 Å². The Hall–Kier alpha value is -1.95. The first-order valence-corrected chi connectivity index (χ1v) is 11.5. The molecule has 0 unspecified atom stereocenters. The lowest BCUT2D eigenvalue weighted by atomic mass is 10.1. The Kier molecular flexibility index (Phi) is 6.32. The lowest BCUT2D eigenvalue weighted by Gasteiger charge is -2.10. The van der Waals surface area contributed by atoms with E-state index in [1.54, 1.807) is 6.07 Å². The van der Waals surface area contributed by atoms with E-state index in [4.69, 9.17) is 0 Å². The van der Waals surface area contributed by atoms with E-state index >= 15 is 0 Å². The molecule has 0 radical (unpaired) electrons. The molecule has 0 N–H and O–H groups in total. The maximum Gasteiger partial charge on any atom is 0.416 e. The van der Waals surface area contributed by atoms with E-state index in [0.717, 1.165) is 22.1 Å². The molecule has 0 amide bonds. The molecule has 1 aromatic carbocycles. The maximum absolute atomic E-state index is 12.7. The van der Waals surface area contributed by atoms with Gasteiger partial charge < -0.3 is 0 Å². The second-order valence-electron chi connectivity index (χ2n) is 6.13. The van der Waals surface area contributed by atoms with Crippen molar-refractivity contribution in [3.63, 3.8) is 0 Å². The van der Waals surface area contributed by atoms with Crippen LogP contribution in [-0.4, -0.2) is 36.8 Å². The van der Waals surface area contributed by atoms with Crippen LogP contribution in [0.4, 0.5) is 13.2 Å². The fraction of sp³-hybridized carbons (Fsp3) is 0.222. The molecule has 0 spiro atoms. The molecule has 0 saturated heterocycles. The van der Waals surface area contributed by atoms with Crippen LogP contribution in [0.3, 0.4) is 0 Å². The van der Waals surface area contributed by atoms with Crippen molar-refractivity contribution in [3.8, 4) is 10.6 Å². The number of thioether (sulfide) groups is 1. The highest BCUT2D eigenvalue weighted by atomic mass is 32.2. The number of hydrogen-bond acceptors (Lipinski definition) is 6. The molecule has 0 bridgehead atoms. The standard InChI is InChI=1S/C18H16F3N3O2S3/c1-24(2)29(25,26)15-7-8-16(22-9-15)27-10-14-11-28-17(23-14)12-3-5-13(6-4-12)18(19,20)21/h3-9,11H,10H2,1-2H3. The topological polar surface area (TPSA) is 63.2 Å². The molecule has 0 saturated carbocycles. The first kappa shape index (κ1) is 21.8. The van der Waals surface area contributed by atoms with Crippen molar-refractivity contribution >= 4 is 33.1 Å². The molecule has 0 fully saturated rings. The lowest BCUT2D eigenvalue weighted by molar-refractivity contribution is -0.137. The van der Waals surface area contributed by atoms with Crippen molar-refractivity contribution in [2.75, 3.05) is 14.1 Å². The Morgan fingerprint density at radius 3 is 2.34 bits per heavy atom. The third-order valence-electron chi connectivity index (χ3n) is 3.87. The molecule has 0 aliphatic rings. The van der Waals surface area contributed by atoms with Gasteiger partial charge in [-0.25, -0.2) is 22.7 Å². The number of sulfonamides is 1. The van der Waals surface area contributed by atoms with Crippen LogP contribution in [0, 0.1) is 0 Å². The average Bonchev–Trinajstić information content (AvgIpc) is 3.15. The van der Waals surface area contributed by atoms with Crippen LogP contribution in [0.1, 0.15) is 11.3 Å². The number of alkyl halides is 3. The van der Waals surface area contributed by atoms with Gasteiger partial charge in [-0.2, -0.15) is 13.2 Å². The first-order valence-electron chi connectivity index (χ1n) is 8.21. The Labute approximate surface area is 174 Å². The van der Waals surface area contributed by atoms with E-state index in [1.165, 1.54) is 61.6 Å². The number of thiazole rings is 1. The van der Waals surface area contributed by atoms with Crippen molar-refractivity contribution in [1.82, 2.24) is 14.3 Å². The molecule has 0 aliphatic carbocycles. The Morgan fingerprint density at radius 1 is 1.10 bits per heavy atom. The van der Waals surface area contributed by atoms with E-state index < -0.39 is 21.8 Å². The summed E-state index contributed by atoms with van der Waals surface area (Å²) >= 11 is 2.74. The number of hydrogen-bond donors (Lipinski definition) is 0. The smallest absolute Gasteiger partial charge is 0.249 e. The number of benzene rings is 1. The zero-order chi connectivity index (χ0) is 21.2. The summed E-state index contributed by atoms with van der Waals surface area (Å²) in [6.07, 6.45) is -3.05. The number of aromatic nitrogens is 2. The van der Waals surface area contributed by atoms with Gasteiger partial charge in [0.1, 0.15) is 9.90 Å². The Morgan fingerprint density at radius 2 is 1.79 bits per heavy atom. The number of rotatable bonds is 6. The van der Waals surface area contributed by atoms with Crippen LogP contribution in [0.25, 0.3) is 10.6 Å². The van der Waals surface area contributed by atoms with Crippen LogP contribution in [0.15, 0.2) is 57.9 Å². The van der Waals surface area contributed by atoms with E-state index in [0.29, 0.717) is 21.3 Å². The molecule has 0 aliphatic heterocycles. The number of pyridine rings is 1. The van der Waals surface area contributed by atoms with Crippen molar-refractivity contribution < 1.29 is 21.6 Å². The van der Waals surface area contributed by atoms with E-state index in [1.807, 2.05) is 5.38 Å². The predicted molar refractivity (Wildman–Crippen MR) is 107 cm³/mol. The minimum absolute atomic E-state index is 0.116. The number of nitrogens with zero attached hydrogens (tertiary/aromatic N) is 3. The largest absolute Gasteiger partial charge is 0.416 e. The quantitative estimate of drug-likeness (QED) is 0.497. The molecule has 11 heteroatoms. The van der Waals surface area contributed by atoms with Gasteiger partial charge in [0.25, 0.3) is 0 Å². The highest BCUT2D eigenvalue weighted by Crippen LogP contribution is 2.32. The van der Waals surface area contributed by atoms with Gasteiger partial charge in [-0.05, 0) is 24.3 Å². The zero-order valence-corrected chi connectivity index (χ0v) is 17.8. The molecular weight excluding hydrogens is 443 g/mol. The van der Waals surface area contributed by atoms with Gasteiger partial charge in [0, 0.05) is 37.0 Å². The van der Waals surface area contributed by atoms with E-state index in [2.05, 4.69) is 9.97 Å². The van der Waals surface area contributed by atoms with Gasteiger partial charge in [0.2, 0.25) is 10.0 Å². The Balaban J connectivity index is 1.65. The minimum atomic E-state index is -4.36. The number of halogens is 3. The second-order valence-corrected chi connectivity index (χ2v) is 10.1. The highest BCUT2D eigenvalue weighted by Gasteiger charge is 2.30. The first-order chi connectivity index (χ1) is 13.6. The summed E-state index contributed by atoms with van der Waals surface area (Å²) in [5.74, 6) is 0.504. The summed E-state index contributed by atoms with van der Waals surface area (Å²) in [5.41, 5.74) is 0.691. The molecule has 5 nitrogen and oxygen atoms in total. The molecule has 2 heterocycles. The SMILES string of the molecule is CN(C)S(=O)(=O)c1ccc(SCc2csc(-c3ccc(C(F)(F)F)cc3)n2)nc1. The van der Waals surface area contributed by atoms with Gasteiger partial charge in [0.05, 0.1) is 16.3 Å². The van der Waals surface area contributed by atoms with Crippen LogP contribution in [-0.2, 0) is 22.0 Å². The van der Waals surface area contributed by atoms with Gasteiger partial charge in [-0.15, -0.1) is 23.1 Å². The third kappa shape index (κ3) is 5.16. The lowest BCUT2D eigenvalue weighted by Crippen LogP contribution is -2.22. The van der Waals surface area contributed by atoms with Crippen molar-refractivity contribution in [2.24, 2.45) is 0 Å². The summed E-state index contributed by atoms with van der Waals surface area (Å²) < 4.78 is 63.2. The molecular formula is C18H16F3N3O2S3. The summed E-state index contributed by atoms with van der Waals surface area (Å²) in [4.78, 5) is 8.74. The monoisotopic (exact) mass is 459 g/mol. The van der Waals surface area contributed by atoms with Crippen molar-refractivity contribution in [2.45, 2.75) is 21.9 Å². The summed E-state index contributed by atoms with van der Waals surface area (Å²) in [5, 5.41) is 3.12. The molecule has 2 aromatic heterocycles. The molecule has 154 valence electrons. The van der Waals surface area contributed by atoms with E-state index in [-0.39, 0.29) is 4.90 Å². The van der Waals surface area contributed by atoms with Crippen molar-refractivity contribution in [3.05, 3.63) is 59.2 Å². The second kappa shape index (κ2) is 8.42. The normalized spacial score (nSPS) is 12.5. The average molecular weight is 460 g/mol.